The molecule has 0 spiro atoms. The van der Waals surface area contributed by atoms with E-state index in [1.807, 2.05) is 18.3 Å². The van der Waals surface area contributed by atoms with Crippen LogP contribution >= 0.6 is 0 Å². The molecule has 0 aliphatic rings. The summed E-state index contributed by atoms with van der Waals surface area (Å²) in [6.45, 7) is 2.29. The van der Waals surface area contributed by atoms with Crippen LogP contribution in [0.1, 0.15) is 17.5 Å². The molecular weight excluding hydrogens is 341 g/mol. The van der Waals surface area contributed by atoms with Crippen molar-refractivity contribution < 1.29 is 13.2 Å². The van der Waals surface area contributed by atoms with Crippen LogP contribution < -0.4 is 10.6 Å². The highest BCUT2D eigenvalue weighted by Crippen LogP contribution is 2.32. The van der Waals surface area contributed by atoms with Gasteiger partial charge in [0.1, 0.15) is 0 Å². The predicted molar refractivity (Wildman–Crippen MR) is 95.8 cm³/mol. The first-order valence-electron chi connectivity index (χ1n) is 8.33. The lowest BCUT2D eigenvalue weighted by Gasteiger charge is -2.12. The lowest BCUT2D eigenvalue weighted by Crippen LogP contribution is -2.17. The van der Waals surface area contributed by atoms with Crippen molar-refractivity contribution in [3.05, 3.63) is 66.1 Å². The maximum absolute atomic E-state index is 12.8. The number of halogens is 3. The Kier molecular flexibility index (Phi) is 5.68. The summed E-state index contributed by atoms with van der Waals surface area (Å²) in [4.78, 5) is 8.11. The molecule has 0 saturated carbocycles. The second kappa shape index (κ2) is 8.14. The number of nitrogens with one attached hydrogen (secondary N) is 2. The Morgan fingerprint density at radius 1 is 1.00 bits per heavy atom. The molecule has 0 aliphatic carbocycles. The van der Waals surface area contributed by atoms with Gasteiger partial charge in [-0.2, -0.15) is 13.2 Å². The fraction of sp³-hybridized carbons (Fsp3) is 0.263. The molecule has 0 bridgehead atoms. The van der Waals surface area contributed by atoms with Crippen molar-refractivity contribution in [1.29, 1.82) is 0 Å². The van der Waals surface area contributed by atoms with E-state index in [0.717, 1.165) is 42.9 Å². The quantitative estimate of drug-likeness (QED) is 0.619. The lowest BCUT2D eigenvalue weighted by atomic mass is 10.1. The summed E-state index contributed by atoms with van der Waals surface area (Å²) in [5.74, 6) is 0. The molecule has 4 nitrogen and oxygen atoms in total. The molecule has 2 heterocycles. The number of benzene rings is 1. The first-order valence-corrected chi connectivity index (χ1v) is 8.33. The van der Waals surface area contributed by atoms with Gasteiger partial charge in [-0.25, -0.2) is 0 Å². The normalized spacial score (nSPS) is 11.7. The third-order valence-electron chi connectivity index (χ3n) is 3.97. The molecule has 3 rings (SSSR count). The summed E-state index contributed by atoms with van der Waals surface area (Å²) in [6, 6.07) is 9.32. The van der Waals surface area contributed by atoms with E-state index >= 15 is 0 Å². The SMILES string of the molecule is FC(F)(F)c1ccc2c(NCCCNCc3cccnc3)ccnc2c1. The highest BCUT2D eigenvalue weighted by atomic mass is 19.4. The summed E-state index contributed by atoms with van der Waals surface area (Å²) in [6.07, 6.45) is 1.60. The first kappa shape index (κ1) is 18.1. The lowest BCUT2D eigenvalue weighted by molar-refractivity contribution is -0.137. The Balaban J connectivity index is 1.52. The van der Waals surface area contributed by atoms with E-state index in [9.17, 15) is 13.2 Å². The van der Waals surface area contributed by atoms with E-state index in [4.69, 9.17) is 0 Å². The van der Waals surface area contributed by atoms with E-state index in [1.54, 1.807) is 12.3 Å². The van der Waals surface area contributed by atoms with Gasteiger partial charge in [0.05, 0.1) is 11.1 Å². The zero-order chi connectivity index (χ0) is 18.4. The number of hydrogen-bond acceptors (Lipinski definition) is 4. The van der Waals surface area contributed by atoms with Gasteiger partial charge in [0.25, 0.3) is 0 Å². The Morgan fingerprint density at radius 3 is 2.65 bits per heavy atom. The van der Waals surface area contributed by atoms with E-state index in [-0.39, 0.29) is 0 Å². The molecule has 0 radical (unpaired) electrons. The molecule has 0 saturated heterocycles. The Morgan fingerprint density at radius 2 is 1.88 bits per heavy atom. The maximum Gasteiger partial charge on any atom is 0.416 e. The molecule has 7 heteroatoms. The minimum atomic E-state index is -4.36. The topological polar surface area (TPSA) is 49.8 Å². The molecule has 0 atom stereocenters. The molecule has 136 valence electrons. The van der Waals surface area contributed by atoms with Crippen molar-refractivity contribution in [3.8, 4) is 0 Å². The summed E-state index contributed by atoms with van der Waals surface area (Å²) < 4.78 is 38.4. The van der Waals surface area contributed by atoms with Gasteiger partial charge in [0, 0.05) is 42.8 Å². The van der Waals surface area contributed by atoms with Gasteiger partial charge in [0.15, 0.2) is 0 Å². The predicted octanol–water partition coefficient (Wildman–Crippen LogP) is 4.24. The van der Waals surface area contributed by atoms with Crippen LogP contribution in [0.3, 0.4) is 0 Å². The highest BCUT2D eigenvalue weighted by molar-refractivity contribution is 5.91. The molecule has 2 N–H and O–H groups in total. The van der Waals surface area contributed by atoms with E-state index in [2.05, 4.69) is 20.6 Å². The number of anilines is 1. The van der Waals surface area contributed by atoms with Crippen LogP contribution in [0.5, 0.6) is 0 Å². The molecule has 0 aliphatic heterocycles. The van der Waals surface area contributed by atoms with Crippen LogP contribution in [0.2, 0.25) is 0 Å². The Bertz CT molecular complexity index is 850. The van der Waals surface area contributed by atoms with Gasteiger partial charge in [-0.05, 0) is 42.8 Å². The van der Waals surface area contributed by atoms with Crippen LogP contribution in [-0.4, -0.2) is 23.1 Å². The second-order valence-electron chi connectivity index (χ2n) is 5.91. The monoisotopic (exact) mass is 360 g/mol. The second-order valence-corrected chi connectivity index (χ2v) is 5.91. The van der Waals surface area contributed by atoms with E-state index in [0.29, 0.717) is 17.4 Å². The summed E-state index contributed by atoms with van der Waals surface area (Å²) in [7, 11) is 0. The van der Waals surface area contributed by atoms with Crippen molar-refractivity contribution in [1.82, 2.24) is 15.3 Å². The largest absolute Gasteiger partial charge is 0.416 e. The highest BCUT2D eigenvalue weighted by Gasteiger charge is 2.30. The van der Waals surface area contributed by atoms with Gasteiger partial charge >= 0.3 is 6.18 Å². The van der Waals surface area contributed by atoms with Crippen LogP contribution in [-0.2, 0) is 12.7 Å². The number of rotatable bonds is 7. The third kappa shape index (κ3) is 4.70. The zero-order valence-corrected chi connectivity index (χ0v) is 14.1. The number of nitrogens with zero attached hydrogens (tertiary/aromatic N) is 2. The number of fused-ring (bicyclic) bond motifs is 1. The van der Waals surface area contributed by atoms with Crippen molar-refractivity contribution in [2.24, 2.45) is 0 Å². The maximum atomic E-state index is 12.8. The average molecular weight is 360 g/mol. The Hall–Kier alpha value is -2.67. The summed E-state index contributed by atoms with van der Waals surface area (Å²) >= 11 is 0. The van der Waals surface area contributed by atoms with Gasteiger partial charge in [0.2, 0.25) is 0 Å². The first-order chi connectivity index (χ1) is 12.5. The molecule has 3 aromatic rings. The number of pyridine rings is 2. The van der Waals surface area contributed by atoms with Crippen LogP contribution in [0, 0.1) is 0 Å². The van der Waals surface area contributed by atoms with Crippen LogP contribution in [0.4, 0.5) is 18.9 Å². The Labute approximate surface area is 149 Å². The molecule has 1 aromatic carbocycles. The zero-order valence-electron chi connectivity index (χ0n) is 14.1. The van der Waals surface area contributed by atoms with Crippen LogP contribution in [0.15, 0.2) is 55.0 Å². The van der Waals surface area contributed by atoms with Gasteiger partial charge in [-0.1, -0.05) is 12.1 Å². The summed E-state index contributed by atoms with van der Waals surface area (Å²) in [5.41, 5.74) is 1.56. The fourth-order valence-electron chi connectivity index (χ4n) is 2.65. The number of hydrogen-bond donors (Lipinski definition) is 2. The van der Waals surface area contributed by atoms with Gasteiger partial charge < -0.3 is 10.6 Å². The van der Waals surface area contributed by atoms with Gasteiger partial charge in [-0.15, -0.1) is 0 Å². The molecule has 0 unspecified atom stereocenters. The van der Waals surface area contributed by atoms with E-state index in [1.165, 1.54) is 12.3 Å². The molecule has 0 amide bonds. The summed E-state index contributed by atoms with van der Waals surface area (Å²) in [5, 5.41) is 7.29. The number of aromatic nitrogens is 2. The van der Waals surface area contributed by atoms with Crippen molar-refractivity contribution in [2.75, 3.05) is 18.4 Å². The van der Waals surface area contributed by atoms with Gasteiger partial charge in [-0.3, -0.25) is 9.97 Å². The van der Waals surface area contributed by atoms with Crippen molar-refractivity contribution in [3.63, 3.8) is 0 Å². The van der Waals surface area contributed by atoms with Crippen molar-refractivity contribution >= 4 is 16.6 Å². The number of alkyl halides is 3. The molecule has 2 aromatic heterocycles. The molecule has 26 heavy (non-hydrogen) atoms. The fourth-order valence-corrected chi connectivity index (χ4v) is 2.65. The molecule has 0 fully saturated rings. The smallest absolute Gasteiger partial charge is 0.384 e. The van der Waals surface area contributed by atoms with E-state index < -0.39 is 11.7 Å². The average Bonchev–Trinajstić information content (AvgIpc) is 2.64. The minimum Gasteiger partial charge on any atom is -0.384 e. The molecular formula is C19H19F3N4. The van der Waals surface area contributed by atoms with Crippen LogP contribution in [0.25, 0.3) is 10.9 Å². The standard InChI is InChI=1S/C19H19F3N4/c20-19(21,22)15-4-5-16-17(6-10-26-18(16)11-15)25-9-2-8-24-13-14-3-1-7-23-12-14/h1,3-7,10-12,24H,2,8-9,13H2,(H,25,26). The van der Waals surface area contributed by atoms with Crippen molar-refractivity contribution in [2.45, 2.75) is 19.1 Å². The minimum absolute atomic E-state index is 0.333. The third-order valence-corrected chi connectivity index (χ3v) is 3.97.